The van der Waals surface area contributed by atoms with Gasteiger partial charge in [-0.2, -0.15) is 0 Å². The summed E-state index contributed by atoms with van der Waals surface area (Å²) >= 11 is -0.630. The zero-order valence-electron chi connectivity index (χ0n) is 31.0. The van der Waals surface area contributed by atoms with Crippen LogP contribution in [-0.4, -0.2) is 32.2 Å². The van der Waals surface area contributed by atoms with Crippen molar-refractivity contribution < 1.29 is 17.6 Å². The van der Waals surface area contributed by atoms with E-state index in [2.05, 4.69) is 239 Å². The summed E-state index contributed by atoms with van der Waals surface area (Å²) in [7, 11) is 4.29. The Kier molecular flexibility index (Phi) is 8.65. The van der Waals surface area contributed by atoms with E-state index < -0.39 is 17.6 Å². The second-order valence-electron chi connectivity index (χ2n) is 13.8. The van der Waals surface area contributed by atoms with Crippen molar-refractivity contribution in [1.29, 1.82) is 0 Å². The standard InChI is InChI=1S/C50H37N5.Pt/c1-51-29-31-53(36-51)42-25-15-27-44(33-42)55(45-28-16-26-43(34-45)54-32-30-52(2)37-54)50-48(40-21-11-5-12-22-40)46(38-17-7-3-8-18-38)35-47(39-19-9-4-10-20-39)49(50)41-23-13-6-14-24-41;/h3-32,35H,1-2H3;/q-2;. The third-order valence-corrected chi connectivity index (χ3v) is 14.0. The number of hydrogen-bond acceptors (Lipinski definition) is 5. The summed E-state index contributed by atoms with van der Waals surface area (Å²) in [6, 6.07) is 66.7. The van der Waals surface area contributed by atoms with E-state index >= 15 is 0 Å². The fourth-order valence-corrected chi connectivity index (χ4v) is 10.7. The summed E-state index contributed by atoms with van der Waals surface area (Å²) in [5, 5.41) is 0. The van der Waals surface area contributed by atoms with Crippen LogP contribution in [0.3, 0.4) is 0 Å². The Morgan fingerprint density at radius 3 is 1.18 bits per heavy atom. The molecule has 0 aromatic heterocycles. The van der Waals surface area contributed by atoms with E-state index in [1.807, 2.05) is 0 Å². The SMILES string of the molecule is CN1C=CN2[C]1=[Pt]=[C]1N(C)C=CN1c1[c-]c(ccc1)N(c1c(-c3ccccc3)c(-c3ccccc3)cc(-c3ccccc3)c1-c1ccccc1)c1[c-]c2ccc1. The first-order valence-corrected chi connectivity index (χ1v) is 20.9. The van der Waals surface area contributed by atoms with Crippen molar-refractivity contribution in [2.45, 2.75) is 0 Å². The van der Waals surface area contributed by atoms with Crippen LogP contribution >= 0.6 is 0 Å². The van der Waals surface area contributed by atoms with E-state index in [9.17, 15) is 0 Å². The topological polar surface area (TPSA) is 16.2 Å². The van der Waals surface area contributed by atoms with Crippen LogP contribution in [0, 0.1) is 12.1 Å². The van der Waals surface area contributed by atoms with Crippen LogP contribution in [-0.2, 0) is 17.6 Å². The van der Waals surface area contributed by atoms with Gasteiger partial charge in [0.1, 0.15) is 0 Å². The van der Waals surface area contributed by atoms with Gasteiger partial charge in [-0.1, -0.05) is 12.1 Å². The Hall–Kier alpha value is -6.55. The van der Waals surface area contributed by atoms with E-state index in [1.54, 1.807) is 0 Å². The molecule has 10 rings (SSSR count). The minimum atomic E-state index is -0.630. The molecule has 0 amide bonds. The Morgan fingerprint density at radius 2 is 0.768 bits per heavy atom. The predicted octanol–water partition coefficient (Wildman–Crippen LogP) is 11.1. The van der Waals surface area contributed by atoms with Crippen molar-refractivity contribution in [2.75, 3.05) is 28.8 Å². The minimum absolute atomic E-state index is 0.630. The molecule has 0 atom stereocenters. The Bertz CT molecular complexity index is 2540. The summed E-state index contributed by atoms with van der Waals surface area (Å²) in [5.74, 6) is 0. The molecule has 0 fully saturated rings. The fourth-order valence-electron chi connectivity index (χ4n) is 7.68. The van der Waals surface area contributed by atoms with Gasteiger partial charge in [0.2, 0.25) is 0 Å². The van der Waals surface area contributed by atoms with Crippen LogP contribution in [0.1, 0.15) is 0 Å². The van der Waals surface area contributed by atoms with Crippen LogP contribution < -0.4 is 14.7 Å². The number of nitrogens with zero attached hydrogens (tertiary/aromatic N) is 5. The molecule has 274 valence electrons. The zero-order valence-corrected chi connectivity index (χ0v) is 33.2. The predicted molar refractivity (Wildman–Crippen MR) is 229 cm³/mol. The van der Waals surface area contributed by atoms with Gasteiger partial charge in [0.15, 0.2) is 0 Å². The van der Waals surface area contributed by atoms with E-state index in [0.29, 0.717) is 0 Å². The van der Waals surface area contributed by atoms with Gasteiger partial charge in [-0.15, -0.1) is 0 Å². The third kappa shape index (κ3) is 5.92. The first-order chi connectivity index (χ1) is 27.6. The summed E-state index contributed by atoms with van der Waals surface area (Å²) in [5.41, 5.74) is 14.0. The molecule has 0 saturated carbocycles. The van der Waals surface area contributed by atoms with E-state index in [0.717, 1.165) is 72.9 Å². The van der Waals surface area contributed by atoms with Crippen molar-refractivity contribution >= 4 is 36.7 Å². The van der Waals surface area contributed by atoms with Gasteiger partial charge in [-0.3, -0.25) is 0 Å². The molecule has 0 unspecified atom stereocenters. The summed E-state index contributed by atoms with van der Waals surface area (Å²) < 4.78 is 2.51. The molecular formula is C50H37N5Pt-2. The van der Waals surface area contributed by atoms with Crippen LogP contribution in [0.2, 0.25) is 0 Å². The van der Waals surface area contributed by atoms with Gasteiger partial charge in [0.25, 0.3) is 0 Å². The fraction of sp³-hybridized carbons (Fsp3) is 0.0400. The molecule has 7 aromatic rings. The molecule has 3 heterocycles. The van der Waals surface area contributed by atoms with Crippen LogP contribution in [0.25, 0.3) is 44.5 Å². The molecule has 0 aliphatic carbocycles. The van der Waals surface area contributed by atoms with Gasteiger partial charge in [0, 0.05) is 0 Å². The van der Waals surface area contributed by atoms with Crippen molar-refractivity contribution in [2.24, 2.45) is 0 Å². The average molecular weight is 903 g/mol. The molecular weight excluding hydrogens is 866 g/mol. The average Bonchev–Trinajstić information content (AvgIpc) is 3.82. The quantitative estimate of drug-likeness (QED) is 0.160. The molecule has 6 heteroatoms. The van der Waals surface area contributed by atoms with Gasteiger partial charge in [-0.05, 0) is 0 Å². The second-order valence-corrected chi connectivity index (χ2v) is 16.4. The summed E-state index contributed by atoms with van der Waals surface area (Å²) in [6.45, 7) is 0. The first kappa shape index (κ1) is 34.0. The van der Waals surface area contributed by atoms with Crippen molar-refractivity contribution in [1.82, 2.24) is 9.80 Å². The summed E-state index contributed by atoms with van der Waals surface area (Å²) in [6.07, 6.45) is 8.66. The molecule has 0 spiro atoms. The number of benzene rings is 7. The number of hydrogen-bond donors (Lipinski definition) is 0. The van der Waals surface area contributed by atoms with Crippen molar-refractivity contribution in [3.05, 3.63) is 201 Å². The summed E-state index contributed by atoms with van der Waals surface area (Å²) in [4.78, 5) is 11.5. The number of rotatable bonds is 5. The Morgan fingerprint density at radius 1 is 0.393 bits per heavy atom. The van der Waals surface area contributed by atoms with E-state index in [-0.39, 0.29) is 0 Å². The Labute approximate surface area is 336 Å². The molecule has 5 nitrogen and oxygen atoms in total. The molecule has 3 aliphatic heterocycles. The van der Waals surface area contributed by atoms with Crippen LogP contribution in [0.4, 0.5) is 28.4 Å². The van der Waals surface area contributed by atoms with Crippen LogP contribution in [0.15, 0.2) is 189 Å². The maximum atomic E-state index is 3.96. The normalized spacial score (nSPS) is 14.6. The molecule has 56 heavy (non-hydrogen) atoms. The van der Waals surface area contributed by atoms with E-state index in [4.69, 9.17) is 0 Å². The molecule has 0 radical (unpaired) electrons. The van der Waals surface area contributed by atoms with Gasteiger partial charge in [0.05, 0.1) is 0 Å². The van der Waals surface area contributed by atoms with Gasteiger partial charge >= 0.3 is 326 Å². The molecule has 4 bridgehead atoms. The molecule has 3 aliphatic rings. The van der Waals surface area contributed by atoms with Gasteiger partial charge < -0.3 is 0 Å². The van der Waals surface area contributed by atoms with E-state index in [1.165, 1.54) is 8.29 Å². The Balaban J connectivity index is 1.39. The molecule has 7 aromatic carbocycles. The first-order valence-electron chi connectivity index (χ1n) is 18.6. The van der Waals surface area contributed by atoms with Gasteiger partial charge in [-0.25, -0.2) is 0 Å². The zero-order chi connectivity index (χ0) is 37.6. The second kappa shape index (κ2) is 14.3. The van der Waals surface area contributed by atoms with Crippen molar-refractivity contribution in [3.8, 4) is 44.5 Å². The third-order valence-electron chi connectivity index (χ3n) is 10.3. The number of fused-ring (bicyclic) bond motifs is 8. The number of anilines is 5. The van der Waals surface area contributed by atoms with Crippen LogP contribution in [0.5, 0.6) is 0 Å². The van der Waals surface area contributed by atoms with Crippen molar-refractivity contribution in [3.63, 3.8) is 0 Å². The molecule has 0 saturated heterocycles. The maximum absolute atomic E-state index is 3.96. The monoisotopic (exact) mass is 902 g/mol. The molecule has 0 N–H and O–H groups in total.